The molecule has 11 heavy (non-hydrogen) atoms. The van der Waals surface area contributed by atoms with Crippen LogP contribution in [0.25, 0.3) is 0 Å². The monoisotopic (exact) mass is 154 g/mol. The number of rotatable bonds is 0. The van der Waals surface area contributed by atoms with Gasteiger partial charge in [0.2, 0.25) is 0 Å². The molecule has 0 unspecified atom stereocenters. The molecule has 2 aliphatic heterocycles. The van der Waals surface area contributed by atoms with E-state index in [1.807, 2.05) is 0 Å². The summed E-state index contributed by atoms with van der Waals surface area (Å²) in [5, 5.41) is 3.47. The number of likely N-dealkylation sites (tertiary alicyclic amines) is 1. The maximum atomic E-state index is 3.47. The number of hydrogen-bond donors (Lipinski definition) is 1. The van der Waals surface area contributed by atoms with E-state index in [-0.39, 0.29) is 0 Å². The third-order valence-electron chi connectivity index (χ3n) is 3.03. The molecule has 2 atom stereocenters. The molecule has 0 spiro atoms. The Labute approximate surface area is 69.0 Å². The summed E-state index contributed by atoms with van der Waals surface area (Å²) < 4.78 is 0. The first-order chi connectivity index (χ1) is 5.07. The SMILES string of the molecule is CC(C)(C)N1C[C@H]2CN[C@H]2C1. The maximum Gasteiger partial charge on any atom is 0.0247 e. The van der Waals surface area contributed by atoms with Crippen LogP contribution in [0.4, 0.5) is 0 Å². The zero-order valence-electron chi connectivity index (χ0n) is 7.72. The van der Waals surface area contributed by atoms with Gasteiger partial charge in [-0.1, -0.05) is 0 Å². The lowest BCUT2D eigenvalue weighted by molar-refractivity contribution is 0.171. The lowest BCUT2D eigenvalue weighted by Crippen LogP contribution is -2.51. The summed E-state index contributed by atoms with van der Waals surface area (Å²) in [5.41, 5.74) is 0.374. The van der Waals surface area contributed by atoms with Gasteiger partial charge in [0.05, 0.1) is 0 Å². The summed E-state index contributed by atoms with van der Waals surface area (Å²) in [6.07, 6.45) is 0. The Bertz CT molecular complexity index is 147. The zero-order valence-corrected chi connectivity index (χ0v) is 7.72. The molecular formula is C9H18N2. The molecule has 0 aromatic rings. The van der Waals surface area contributed by atoms with Gasteiger partial charge < -0.3 is 5.32 Å². The fraction of sp³-hybridized carbons (Fsp3) is 1.00. The second-order valence-corrected chi connectivity index (χ2v) is 4.85. The van der Waals surface area contributed by atoms with Gasteiger partial charge >= 0.3 is 0 Å². The summed E-state index contributed by atoms with van der Waals surface area (Å²) in [5.74, 6) is 0.953. The maximum absolute atomic E-state index is 3.47. The predicted molar refractivity (Wildman–Crippen MR) is 46.6 cm³/mol. The summed E-state index contributed by atoms with van der Waals surface area (Å²) in [6, 6.07) is 0.814. The number of nitrogens with zero attached hydrogens (tertiary/aromatic N) is 1. The summed E-state index contributed by atoms with van der Waals surface area (Å²) in [4.78, 5) is 2.59. The molecule has 2 nitrogen and oxygen atoms in total. The number of fused-ring (bicyclic) bond motifs is 1. The van der Waals surface area contributed by atoms with Crippen LogP contribution in [0.5, 0.6) is 0 Å². The third kappa shape index (κ3) is 1.18. The van der Waals surface area contributed by atoms with Gasteiger partial charge in [-0.3, -0.25) is 4.90 Å². The normalized spacial score (nSPS) is 38.5. The minimum absolute atomic E-state index is 0.374. The quantitative estimate of drug-likeness (QED) is 0.552. The molecule has 2 fully saturated rings. The van der Waals surface area contributed by atoms with Gasteiger partial charge in [0.1, 0.15) is 0 Å². The first kappa shape index (κ1) is 7.56. The van der Waals surface area contributed by atoms with Crippen molar-refractivity contribution in [2.24, 2.45) is 5.92 Å². The fourth-order valence-corrected chi connectivity index (χ4v) is 2.00. The molecule has 2 heteroatoms. The van der Waals surface area contributed by atoms with Crippen LogP contribution in [0, 0.1) is 5.92 Å². The molecule has 0 bridgehead atoms. The van der Waals surface area contributed by atoms with Gasteiger partial charge in [0.15, 0.2) is 0 Å². The van der Waals surface area contributed by atoms with Crippen molar-refractivity contribution >= 4 is 0 Å². The topological polar surface area (TPSA) is 15.3 Å². The zero-order chi connectivity index (χ0) is 8.06. The fourth-order valence-electron chi connectivity index (χ4n) is 2.00. The van der Waals surface area contributed by atoms with Crippen molar-refractivity contribution < 1.29 is 0 Å². The minimum Gasteiger partial charge on any atom is -0.312 e. The Hall–Kier alpha value is -0.0800. The minimum atomic E-state index is 0.374. The molecule has 0 amide bonds. The van der Waals surface area contributed by atoms with E-state index in [1.165, 1.54) is 19.6 Å². The van der Waals surface area contributed by atoms with Crippen LogP contribution in [-0.4, -0.2) is 36.1 Å². The van der Waals surface area contributed by atoms with Crippen LogP contribution in [-0.2, 0) is 0 Å². The average molecular weight is 154 g/mol. The van der Waals surface area contributed by atoms with Crippen molar-refractivity contribution in [2.75, 3.05) is 19.6 Å². The lowest BCUT2D eigenvalue weighted by atomic mass is 9.96. The molecule has 64 valence electrons. The van der Waals surface area contributed by atoms with Gasteiger partial charge in [-0.05, 0) is 20.8 Å². The van der Waals surface area contributed by atoms with Gasteiger partial charge in [-0.2, -0.15) is 0 Å². The molecule has 2 rings (SSSR count). The number of nitrogens with one attached hydrogen (secondary N) is 1. The van der Waals surface area contributed by atoms with Crippen LogP contribution in [0.2, 0.25) is 0 Å². The molecule has 0 aliphatic carbocycles. The Morgan fingerprint density at radius 1 is 1.27 bits per heavy atom. The Balaban J connectivity index is 1.98. The van der Waals surface area contributed by atoms with Crippen molar-refractivity contribution in [1.82, 2.24) is 10.2 Å². The van der Waals surface area contributed by atoms with E-state index >= 15 is 0 Å². The van der Waals surface area contributed by atoms with Crippen LogP contribution in [0.3, 0.4) is 0 Å². The van der Waals surface area contributed by atoms with Crippen LogP contribution in [0.15, 0.2) is 0 Å². The second-order valence-electron chi connectivity index (χ2n) is 4.85. The van der Waals surface area contributed by atoms with Crippen LogP contribution < -0.4 is 5.32 Å². The first-order valence-electron chi connectivity index (χ1n) is 4.56. The predicted octanol–water partition coefficient (Wildman–Crippen LogP) is 0.688. The van der Waals surface area contributed by atoms with E-state index in [1.54, 1.807) is 0 Å². The van der Waals surface area contributed by atoms with Crippen molar-refractivity contribution in [1.29, 1.82) is 0 Å². The van der Waals surface area contributed by atoms with E-state index in [0.29, 0.717) is 5.54 Å². The molecule has 1 N–H and O–H groups in total. The first-order valence-corrected chi connectivity index (χ1v) is 4.56. The highest BCUT2D eigenvalue weighted by Crippen LogP contribution is 2.28. The van der Waals surface area contributed by atoms with E-state index in [2.05, 4.69) is 31.0 Å². The smallest absolute Gasteiger partial charge is 0.0247 e. The Kier molecular flexibility index (Phi) is 1.52. The van der Waals surface area contributed by atoms with E-state index in [0.717, 1.165) is 12.0 Å². The molecule has 0 aromatic carbocycles. The van der Waals surface area contributed by atoms with Gasteiger partial charge in [0.25, 0.3) is 0 Å². The molecule has 0 aromatic heterocycles. The van der Waals surface area contributed by atoms with Gasteiger partial charge in [-0.25, -0.2) is 0 Å². The summed E-state index contributed by atoms with van der Waals surface area (Å²) >= 11 is 0. The molecule has 2 saturated heterocycles. The lowest BCUT2D eigenvalue weighted by Gasteiger charge is -2.31. The largest absolute Gasteiger partial charge is 0.312 e. The van der Waals surface area contributed by atoms with E-state index in [4.69, 9.17) is 0 Å². The highest BCUT2D eigenvalue weighted by Gasteiger charge is 2.42. The molecule has 2 aliphatic rings. The van der Waals surface area contributed by atoms with Crippen LogP contribution >= 0.6 is 0 Å². The molecular weight excluding hydrogens is 136 g/mol. The molecule has 0 saturated carbocycles. The third-order valence-corrected chi connectivity index (χ3v) is 3.03. The second kappa shape index (κ2) is 2.20. The molecule has 0 radical (unpaired) electrons. The average Bonchev–Trinajstić information content (AvgIpc) is 2.06. The van der Waals surface area contributed by atoms with Crippen molar-refractivity contribution in [3.8, 4) is 0 Å². The summed E-state index contributed by atoms with van der Waals surface area (Å²) in [6.45, 7) is 10.7. The summed E-state index contributed by atoms with van der Waals surface area (Å²) in [7, 11) is 0. The van der Waals surface area contributed by atoms with Gasteiger partial charge in [-0.15, -0.1) is 0 Å². The highest BCUT2D eigenvalue weighted by molar-refractivity contribution is 5.00. The standard InChI is InChI=1S/C9H18N2/c1-9(2,3)11-5-7-4-10-8(7)6-11/h7-8,10H,4-6H2,1-3H3/t7-,8+/m1/s1. The van der Waals surface area contributed by atoms with Crippen LogP contribution in [0.1, 0.15) is 20.8 Å². The van der Waals surface area contributed by atoms with E-state index < -0.39 is 0 Å². The highest BCUT2D eigenvalue weighted by atomic mass is 15.3. The van der Waals surface area contributed by atoms with E-state index in [9.17, 15) is 0 Å². The van der Waals surface area contributed by atoms with Crippen molar-refractivity contribution in [3.05, 3.63) is 0 Å². The Morgan fingerprint density at radius 2 is 2.00 bits per heavy atom. The van der Waals surface area contributed by atoms with Gasteiger partial charge in [0, 0.05) is 37.1 Å². The molecule has 2 heterocycles. The Morgan fingerprint density at radius 3 is 2.27 bits per heavy atom. The van der Waals surface area contributed by atoms with Crippen molar-refractivity contribution in [2.45, 2.75) is 32.4 Å². The van der Waals surface area contributed by atoms with Crippen molar-refractivity contribution in [3.63, 3.8) is 0 Å². The number of hydrogen-bond acceptors (Lipinski definition) is 2.